The lowest BCUT2D eigenvalue weighted by atomic mass is 10.1. The second-order valence-electron chi connectivity index (χ2n) is 7.04. The Hall–Kier alpha value is -3.59. The zero-order chi connectivity index (χ0) is 23.1. The van der Waals surface area contributed by atoms with Gasteiger partial charge in [-0.3, -0.25) is 4.79 Å². The quantitative estimate of drug-likeness (QED) is 0.383. The number of benzene rings is 2. The van der Waals surface area contributed by atoms with Gasteiger partial charge in [0, 0.05) is 37.0 Å². The molecule has 1 atom stereocenters. The van der Waals surface area contributed by atoms with Crippen molar-refractivity contribution in [3.8, 4) is 5.75 Å². The van der Waals surface area contributed by atoms with E-state index in [0.717, 1.165) is 11.1 Å². The number of thioether (sulfide) groups is 1. The number of nitrogens with one attached hydrogen (secondary N) is 1. The summed E-state index contributed by atoms with van der Waals surface area (Å²) in [5.74, 6) is 0.816. The first-order chi connectivity index (χ1) is 15.4. The summed E-state index contributed by atoms with van der Waals surface area (Å²) in [6.45, 7) is 3.96. The molecule has 166 valence electrons. The molecule has 0 bridgehead atoms. The topological polar surface area (TPSA) is 110 Å². The molecule has 3 aromatic rings. The third-order valence-corrected chi connectivity index (χ3v) is 5.37. The van der Waals surface area contributed by atoms with Crippen LogP contribution < -0.4 is 15.8 Å². The molecule has 1 aromatic heterocycles. The first-order valence-corrected chi connectivity index (χ1v) is 11.2. The molecule has 0 saturated heterocycles. The van der Waals surface area contributed by atoms with Crippen molar-refractivity contribution in [3.05, 3.63) is 71.9 Å². The summed E-state index contributed by atoms with van der Waals surface area (Å²) in [6.07, 6.45) is 2.73. The van der Waals surface area contributed by atoms with Crippen molar-refractivity contribution in [1.82, 2.24) is 14.9 Å². The van der Waals surface area contributed by atoms with Gasteiger partial charge in [-0.1, -0.05) is 48.2 Å². The minimum atomic E-state index is -0.888. The van der Waals surface area contributed by atoms with E-state index in [1.807, 2.05) is 49.6 Å². The third kappa shape index (κ3) is 5.98. The van der Waals surface area contributed by atoms with Crippen LogP contribution in [0.4, 0.5) is 16.3 Å². The maximum absolute atomic E-state index is 12.5. The van der Waals surface area contributed by atoms with Crippen LogP contribution in [-0.2, 0) is 11.3 Å². The second-order valence-corrected chi connectivity index (χ2v) is 7.82. The van der Waals surface area contributed by atoms with Crippen LogP contribution in [0.5, 0.6) is 5.75 Å². The fourth-order valence-electron chi connectivity index (χ4n) is 3.24. The van der Waals surface area contributed by atoms with Gasteiger partial charge in [0.2, 0.25) is 5.91 Å². The predicted molar refractivity (Wildman–Crippen MR) is 125 cm³/mol. The molecule has 0 fully saturated rings. The van der Waals surface area contributed by atoms with E-state index in [1.165, 1.54) is 11.8 Å². The van der Waals surface area contributed by atoms with Gasteiger partial charge in [0.25, 0.3) is 0 Å². The van der Waals surface area contributed by atoms with Crippen molar-refractivity contribution in [2.75, 3.05) is 11.6 Å². The second kappa shape index (κ2) is 10.6. The van der Waals surface area contributed by atoms with E-state index < -0.39 is 6.09 Å². The Morgan fingerprint density at radius 3 is 2.59 bits per heavy atom. The Kier molecular flexibility index (Phi) is 7.67. The summed E-state index contributed by atoms with van der Waals surface area (Å²) in [6, 6.07) is 16.3. The minimum absolute atomic E-state index is 0.0573. The zero-order valence-electron chi connectivity index (χ0n) is 18.1. The van der Waals surface area contributed by atoms with Crippen molar-refractivity contribution in [1.29, 1.82) is 0 Å². The van der Waals surface area contributed by atoms with Crippen molar-refractivity contribution in [2.24, 2.45) is 5.73 Å². The number of aromatic nitrogens is 2. The third-order valence-electron chi connectivity index (χ3n) is 4.81. The van der Waals surface area contributed by atoms with Crippen LogP contribution in [0.1, 0.15) is 31.0 Å². The molecule has 0 aliphatic heterocycles. The van der Waals surface area contributed by atoms with Gasteiger partial charge in [-0.15, -0.1) is 0 Å². The maximum Gasteiger partial charge on any atom is 0.409 e. The number of primary amides is 1. The summed E-state index contributed by atoms with van der Waals surface area (Å²) in [4.78, 5) is 34.4. The van der Waals surface area contributed by atoms with Crippen LogP contribution in [0, 0.1) is 0 Å². The summed E-state index contributed by atoms with van der Waals surface area (Å²) >= 11 is 1.41. The number of rotatable bonds is 8. The number of hydrogen-bond acceptors (Lipinski definition) is 7. The molecule has 2 amide bonds. The highest BCUT2D eigenvalue weighted by Crippen LogP contribution is 2.31. The molecule has 1 heterocycles. The van der Waals surface area contributed by atoms with Gasteiger partial charge in [-0.05, 0) is 30.9 Å². The number of carbonyl (C=O) groups is 2. The van der Waals surface area contributed by atoms with Crippen LogP contribution in [-0.4, -0.2) is 33.1 Å². The molecule has 0 radical (unpaired) electrons. The summed E-state index contributed by atoms with van der Waals surface area (Å²) in [7, 11) is 0. The van der Waals surface area contributed by atoms with Gasteiger partial charge >= 0.3 is 6.09 Å². The summed E-state index contributed by atoms with van der Waals surface area (Å²) in [5, 5.41) is 3.85. The van der Waals surface area contributed by atoms with E-state index in [9.17, 15) is 9.59 Å². The highest BCUT2D eigenvalue weighted by atomic mass is 32.2. The van der Waals surface area contributed by atoms with Crippen LogP contribution in [0.3, 0.4) is 0 Å². The van der Waals surface area contributed by atoms with Crippen molar-refractivity contribution < 1.29 is 14.3 Å². The number of hydrogen-bond donors (Lipinski definition) is 2. The number of nitrogens with zero attached hydrogens (tertiary/aromatic N) is 3. The fraction of sp³-hybridized carbons (Fsp3) is 0.217. The van der Waals surface area contributed by atoms with Crippen molar-refractivity contribution in [2.45, 2.75) is 31.6 Å². The lowest BCUT2D eigenvalue weighted by molar-refractivity contribution is -0.131. The molecule has 8 nitrogen and oxygen atoms in total. The molecule has 2 aromatic carbocycles. The Bertz CT molecular complexity index is 1090. The van der Waals surface area contributed by atoms with E-state index in [2.05, 4.69) is 15.3 Å². The molecule has 0 aliphatic rings. The number of anilines is 2. The molecule has 9 heteroatoms. The average molecular weight is 452 g/mol. The molecule has 3 N–H and O–H groups in total. The molecule has 1 unspecified atom stereocenters. The van der Waals surface area contributed by atoms with Crippen molar-refractivity contribution >= 4 is 35.3 Å². The van der Waals surface area contributed by atoms with E-state index >= 15 is 0 Å². The Balaban J connectivity index is 1.94. The van der Waals surface area contributed by atoms with E-state index in [1.54, 1.807) is 36.2 Å². The molecule has 0 saturated carbocycles. The molecular formula is C23H25N5O3S. The average Bonchev–Trinajstić information content (AvgIpc) is 2.77. The highest BCUT2D eigenvalue weighted by molar-refractivity contribution is 7.98. The van der Waals surface area contributed by atoms with Crippen LogP contribution in [0.2, 0.25) is 0 Å². The number of ether oxygens (including phenoxy) is 1. The Morgan fingerprint density at radius 1 is 1.19 bits per heavy atom. The smallest absolute Gasteiger partial charge is 0.409 e. The summed E-state index contributed by atoms with van der Waals surface area (Å²) < 4.78 is 4.96. The monoisotopic (exact) mass is 451 g/mol. The van der Waals surface area contributed by atoms with E-state index in [-0.39, 0.29) is 11.9 Å². The first kappa shape index (κ1) is 23.1. The molecule has 3 rings (SSSR count). The minimum Gasteiger partial charge on any atom is -0.410 e. The Labute approximate surface area is 191 Å². The lowest BCUT2D eigenvalue weighted by Gasteiger charge is -2.29. The predicted octanol–water partition coefficient (Wildman–Crippen LogP) is 4.51. The van der Waals surface area contributed by atoms with Gasteiger partial charge in [0.05, 0.1) is 6.04 Å². The summed E-state index contributed by atoms with van der Waals surface area (Å²) in [5.41, 5.74) is 7.55. The van der Waals surface area contributed by atoms with Gasteiger partial charge in [-0.25, -0.2) is 14.8 Å². The lowest BCUT2D eigenvalue weighted by Crippen LogP contribution is -2.31. The number of amides is 2. The molecule has 0 aliphatic carbocycles. The molecule has 32 heavy (non-hydrogen) atoms. The highest BCUT2D eigenvalue weighted by Gasteiger charge is 2.23. The van der Waals surface area contributed by atoms with Crippen LogP contribution in [0.25, 0.3) is 0 Å². The normalized spacial score (nSPS) is 11.5. The molecule has 0 spiro atoms. The van der Waals surface area contributed by atoms with E-state index in [0.29, 0.717) is 29.0 Å². The molecular weight excluding hydrogens is 426 g/mol. The number of nitrogens with two attached hydrogens (primary N) is 1. The van der Waals surface area contributed by atoms with E-state index in [4.69, 9.17) is 10.5 Å². The van der Waals surface area contributed by atoms with Crippen molar-refractivity contribution in [3.63, 3.8) is 0 Å². The Morgan fingerprint density at radius 2 is 1.94 bits per heavy atom. The fourth-order valence-corrected chi connectivity index (χ4v) is 3.58. The van der Waals surface area contributed by atoms with Crippen LogP contribution >= 0.6 is 11.8 Å². The van der Waals surface area contributed by atoms with Gasteiger partial charge in [-0.2, -0.15) is 0 Å². The van der Waals surface area contributed by atoms with Gasteiger partial charge in [0.15, 0.2) is 5.16 Å². The standard InChI is InChI=1S/C23H25N5O3S/c1-15(28(16(2)29)14-17-8-5-4-6-9-17)20-13-25-23(32-3)27-21(20)26-18-10-7-11-19(12-18)31-22(24)30/h4-13,15H,14H2,1-3H3,(H2,24,30)(H,25,26,27). The van der Waals surface area contributed by atoms with Gasteiger partial charge < -0.3 is 20.7 Å². The van der Waals surface area contributed by atoms with Gasteiger partial charge in [0.1, 0.15) is 11.6 Å². The largest absolute Gasteiger partial charge is 0.410 e. The maximum atomic E-state index is 12.5. The first-order valence-electron chi connectivity index (χ1n) is 9.93. The SMILES string of the molecule is CSc1ncc(C(C)N(Cc2ccccc2)C(C)=O)c(Nc2cccc(OC(N)=O)c2)n1. The van der Waals surface area contributed by atoms with Crippen LogP contribution in [0.15, 0.2) is 66.0 Å². The number of carbonyl (C=O) groups excluding carboxylic acids is 2. The zero-order valence-corrected chi connectivity index (χ0v) is 18.9.